The van der Waals surface area contributed by atoms with E-state index in [0.29, 0.717) is 24.6 Å². The summed E-state index contributed by atoms with van der Waals surface area (Å²) in [6, 6.07) is 11.1. The van der Waals surface area contributed by atoms with Crippen molar-refractivity contribution in [1.29, 1.82) is 0 Å². The number of anilines is 1. The minimum atomic E-state index is -0.530. The molecule has 6 nitrogen and oxygen atoms in total. The maximum absolute atomic E-state index is 12.7. The Morgan fingerprint density at radius 2 is 1.93 bits per heavy atom. The number of benzene rings is 1. The minimum absolute atomic E-state index is 0.0208. The first-order chi connectivity index (χ1) is 13.7. The smallest absolute Gasteiger partial charge is 0.248 e. The Hall–Kier alpha value is -2.63. The summed E-state index contributed by atoms with van der Waals surface area (Å²) in [6.07, 6.45) is 7.87. The van der Waals surface area contributed by atoms with Gasteiger partial charge in [0.2, 0.25) is 11.8 Å². The number of rotatable bonds is 8. The van der Waals surface area contributed by atoms with E-state index in [2.05, 4.69) is 20.8 Å². The van der Waals surface area contributed by atoms with Crippen LogP contribution >= 0.6 is 0 Å². The topological polar surface area (TPSA) is 86.9 Å². The molecule has 1 atom stereocenters. The maximum atomic E-state index is 12.7. The molecule has 2 amide bonds. The average molecular weight is 383 g/mol. The lowest BCUT2D eigenvalue weighted by atomic mass is 9.87. The second-order valence-electron chi connectivity index (χ2n) is 7.64. The molecule has 2 aromatic rings. The van der Waals surface area contributed by atoms with E-state index in [4.69, 9.17) is 0 Å². The largest absolute Gasteiger partial charge is 0.344 e. The molecule has 0 spiro atoms. The third-order valence-electron chi connectivity index (χ3n) is 5.34. The maximum Gasteiger partial charge on any atom is 0.248 e. The molecule has 3 rings (SSSR count). The van der Waals surface area contributed by atoms with E-state index >= 15 is 0 Å². The summed E-state index contributed by atoms with van der Waals surface area (Å²) in [7, 11) is 0. The van der Waals surface area contributed by atoms with Gasteiger partial charge < -0.3 is 10.6 Å². The van der Waals surface area contributed by atoms with Crippen molar-refractivity contribution in [3.63, 3.8) is 0 Å². The van der Waals surface area contributed by atoms with Crippen molar-refractivity contribution >= 4 is 17.6 Å². The van der Waals surface area contributed by atoms with E-state index in [1.54, 1.807) is 6.07 Å². The fourth-order valence-electron chi connectivity index (χ4n) is 3.83. The molecular weight excluding hydrogens is 352 g/mol. The Balaban J connectivity index is 1.56. The summed E-state index contributed by atoms with van der Waals surface area (Å²) in [4.78, 5) is 25.1. The highest BCUT2D eigenvalue weighted by Crippen LogP contribution is 2.26. The molecule has 0 bridgehead atoms. The van der Waals surface area contributed by atoms with Gasteiger partial charge in [0.25, 0.3) is 0 Å². The zero-order chi connectivity index (χ0) is 19.8. The number of nitrogens with one attached hydrogen (secondary N) is 3. The van der Waals surface area contributed by atoms with Gasteiger partial charge in [-0.25, -0.2) is 0 Å². The van der Waals surface area contributed by atoms with Crippen molar-refractivity contribution in [3.8, 4) is 11.3 Å². The van der Waals surface area contributed by atoms with Crippen molar-refractivity contribution in [2.75, 3.05) is 5.32 Å². The van der Waals surface area contributed by atoms with Gasteiger partial charge in [0.15, 0.2) is 5.82 Å². The highest BCUT2D eigenvalue weighted by atomic mass is 16.2. The quantitative estimate of drug-likeness (QED) is 0.637. The summed E-state index contributed by atoms with van der Waals surface area (Å²) in [5, 5.41) is 12.9. The molecule has 1 aliphatic rings. The normalized spacial score (nSPS) is 15.8. The second kappa shape index (κ2) is 10.1. The number of hydrogen-bond donors (Lipinski definition) is 3. The predicted octanol–water partition coefficient (Wildman–Crippen LogP) is 4.27. The number of aromatic amines is 1. The monoisotopic (exact) mass is 382 g/mol. The highest BCUT2D eigenvalue weighted by molar-refractivity contribution is 5.96. The van der Waals surface area contributed by atoms with E-state index < -0.39 is 6.04 Å². The van der Waals surface area contributed by atoms with Crippen molar-refractivity contribution in [2.24, 2.45) is 5.92 Å². The minimum Gasteiger partial charge on any atom is -0.344 e. The molecule has 28 heavy (non-hydrogen) atoms. The zero-order valence-corrected chi connectivity index (χ0v) is 16.5. The van der Waals surface area contributed by atoms with Crippen molar-refractivity contribution < 1.29 is 9.59 Å². The Bertz CT molecular complexity index is 766. The Morgan fingerprint density at radius 1 is 1.18 bits per heavy atom. The first-order valence-electron chi connectivity index (χ1n) is 10.4. The van der Waals surface area contributed by atoms with Crippen molar-refractivity contribution in [3.05, 3.63) is 36.4 Å². The highest BCUT2D eigenvalue weighted by Gasteiger charge is 2.23. The van der Waals surface area contributed by atoms with Gasteiger partial charge in [-0.2, -0.15) is 5.10 Å². The Morgan fingerprint density at radius 3 is 2.64 bits per heavy atom. The molecular formula is C22H30N4O2. The lowest BCUT2D eigenvalue weighted by molar-refractivity contribution is -0.127. The average Bonchev–Trinajstić information content (AvgIpc) is 3.17. The van der Waals surface area contributed by atoms with Crippen LogP contribution in [0.25, 0.3) is 11.3 Å². The van der Waals surface area contributed by atoms with Crippen LogP contribution in [0, 0.1) is 5.92 Å². The molecule has 1 saturated carbocycles. The van der Waals surface area contributed by atoms with Crippen LogP contribution in [0.5, 0.6) is 0 Å². The number of amides is 2. The van der Waals surface area contributed by atoms with Crippen LogP contribution in [-0.2, 0) is 9.59 Å². The second-order valence-corrected chi connectivity index (χ2v) is 7.64. The van der Waals surface area contributed by atoms with Gasteiger partial charge in [0.05, 0.1) is 5.69 Å². The van der Waals surface area contributed by atoms with Crippen molar-refractivity contribution in [2.45, 2.75) is 64.3 Å². The van der Waals surface area contributed by atoms with Gasteiger partial charge in [0, 0.05) is 12.5 Å². The fraction of sp³-hybridized carbons (Fsp3) is 0.500. The number of nitrogens with zero attached hydrogens (tertiary/aromatic N) is 1. The molecule has 6 heteroatoms. The Labute approximate surface area is 166 Å². The van der Waals surface area contributed by atoms with E-state index in [0.717, 1.165) is 30.5 Å². The van der Waals surface area contributed by atoms with E-state index in [9.17, 15) is 9.59 Å². The number of aromatic nitrogens is 2. The van der Waals surface area contributed by atoms with Gasteiger partial charge in [-0.15, -0.1) is 0 Å². The number of H-pyrrole nitrogens is 1. The SMILES string of the molecule is CCCC(NC(=O)CC1CCCCC1)C(=O)Nc1cc(-c2ccccc2)[nH]n1. The Kier molecular flexibility index (Phi) is 7.23. The molecule has 1 aliphatic carbocycles. The fourth-order valence-corrected chi connectivity index (χ4v) is 3.83. The standard InChI is InChI=1S/C22H30N4O2/c1-2-9-18(23-21(27)14-16-10-5-3-6-11-16)22(28)24-20-15-19(25-26-20)17-12-7-4-8-13-17/h4,7-8,12-13,15-16,18H,2-3,5-6,9-11,14H2,1H3,(H,23,27)(H2,24,25,26,28). The van der Waals surface area contributed by atoms with E-state index in [1.165, 1.54) is 19.3 Å². The number of hydrogen-bond acceptors (Lipinski definition) is 3. The molecule has 1 aromatic heterocycles. The van der Waals surface area contributed by atoms with Gasteiger partial charge in [-0.05, 0) is 30.7 Å². The first kappa shape index (κ1) is 20.1. The van der Waals surface area contributed by atoms with Crippen LogP contribution in [-0.4, -0.2) is 28.1 Å². The van der Waals surface area contributed by atoms with Crippen LogP contribution in [0.4, 0.5) is 5.82 Å². The molecule has 150 valence electrons. The molecule has 1 heterocycles. The van der Waals surface area contributed by atoms with Gasteiger partial charge in [-0.3, -0.25) is 14.7 Å². The van der Waals surface area contributed by atoms with Gasteiger partial charge in [-0.1, -0.05) is 62.9 Å². The zero-order valence-electron chi connectivity index (χ0n) is 16.5. The third kappa shape index (κ3) is 5.68. The summed E-state index contributed by atoms with van der Waals surface area (Å²) in [5.41, 5.74) is 1.84. The lowest BCUT2D eigenvalue weighted by Crippen LogP contribution is -2.44. The predicted molar refractivity (Wildman–Crippen MR) is 111 cm³/mol. The molecule has 1 aromatic carbocycles. The van der Waals surface area contributed by atoms with Crippen molar-refractivity contribution in [1.82, 2.24) is 15.5 Å². The van der Waals surface area contributed by atoms with E-state index in [-0.39, 0.29) is 11.8 Å². The van der Waals surface area contributed by atoms with Gasteiger partial charge in [0.1, 0.15) is 6.04 Å². The number of carbonyl (C=O) groups excluding carboxylic acids is 2. The third-order valence-corrected chi connectivity index (χ3v) is 5.34. The molecule has 0 radical (unpaired) electrons. The van der Waals surface area contributed by atoms with Crippen LogP contribution in [0.15, 0.2) is 36.4 Å². The summed E-state index contributed by atoms with van der Waals surface area (Å²) in [5.74, 6) is 0.683. The summed E-state index contributed by atoms with van der Waals surface area (Å²) < 4.78 is 0. The number of carbonyl (C=O) groups is 2. The van der Waals surface area contributed by atoms with Crippen LogP contribution < -0.4 is 10.6 Å². The lowest BCUT2D eigenvalue weighted by Gasteiger charge is -2.23. The summed E-state index contributed by atoms with van der Waals surface area (Å²) >= 11 is 0. The molecule has 0 aliphatic heterocycles. The molecule has 0 saturated heterocycles. The molecule has 1 unspecified atom stereocenters. The summed E-state index contributed by atoms with van der Waals surface area (Å²) in [6.45, 7) is 2.01. The van der Waals surface area contributed by atoms with E-state index in [1.807, 2.05) is 37.3 Å². The van der Waals surface area contributed by atoms with Crippen LogP contribution in [0.3, 0.4) is 0 Å². The van der Waals surface area contributed by atoms with Crippen LogP contribution in [0.2, 0.25) is 0 Å². The van der Waals surface area contributed by atoms with Crippen LogP contribution in [0.1, 0.15) is 58.3 Å². The molecule has 3 N–H and O–H groups in total. The first-order valence-corrected chi connectivity index (χ1v) is 10.4. The molecule has 1 fully saturated rings. The van der Waals surface area contributed by atoms with Gasteiger partial charge >= 0.3 is 0 Å².